The number of nitrogens with zero attached hydrogens (tertiary/aromatic N) is 2. The Labute approximate surface area is 158 Å². The Bertz CT molecular complexity index is 1130. The van der Waals surface area contributed by atoms with E-state index in [1.165, 1.54) is 26.2 Å². The van der Waals surface area contributed by atoms with E-state index in [2.05, 4.69) is 4.98 Å². The minimum absolute atomic E-state index is 0.00440. The van der Waals surface area contributed by atoms with Crippen LogP contribution in [0.5, 0.6) is 5.75 Å². The highest BCUT2D eigenvalue weighted by molar-refractivity contribution is 6.03. The van der Waals surface area contributed by atoms with Gasteiger partial charge in [-0.1, -0.05) is 0 Å². The average molecular weight is 388 g/mol. The van der Waals surface area contributed by atoms with Gasteiger partial charge in [0.2, 0.25) is 5.71 Å². The summed E-state index contributed by atoms with van der Waals surface area (Å²) in [5, 5.41) is -0.0628. The number of ether oxygens (including phenoxy) is 2. The minimum Gasteiger partial charge on any atom is -0.494 e. The molecule has 2 heterocycles. The summed E-state index contributed by atoms with van der Waals surface area (Å²) in [6.45, 7) is 2.89. The summed E-state index contributed by atoms with van der Waals surface area (Å²) < 4.78 is 30.0. The van der Waals surface area contributed by atoms with E-state index in [0.717, 1.165) is 17.0 Å². The number of esters is 1. The van der Waals surface area contributed by atoms with Gasteiger partial charge in [-0.2, -0.15) is 0 Å². The van der Waals surface area contributed by atoms with Crippen LogP contribution in [-0.2, 0) is 11.3 Å². The first-order valence-electron chi connectivity index (χ1n) is 8.39. The zero-order valence-electron chi connectivity index (χ0n) is 15.4. The highest BCUT2D eigenvalue weighted by atomic mass is 19.1. The van der Waals surface area contributed by atoms with Crippen LogP contribution in [0, 0.1) is 12.7 Å². The molecule has 0 saturated carbocycles. The Morgan fingerprint density at radius 3 is 2.71 bits per heavy atom. The molecule has 0 atom stereocenters. The van der Waals surface area contributed by atoms with Crippen molar-refractivity contribution in [3.05, 3.63) is 57.6 Å². The number of carbonyl (C=O) groups excluding carboxylic acids is 2. The second-order valence-electron chi connectivity index (χ2n) is 5.88. The number of ketones is 1. The smallest absolute Gasteiger partial charge is 0.342 e. The molecule has 0 fully saturated rings. The first kappa shape index (κ1) is 19.3. The SMILES string of the molecule is CCOC(=O)c1c(C)oc2ncn(CC(=O)c3ccc(OC)c(F)c3)c(=O)c12. The molecule has 8 nitrogen and oxygen atoms in total. The molecule has 0 saturated heterocycles. The third-order valence-electron chi connectivity index (χ3n) is 4.12. The number of rotatable bonds is 6. The summed E-state index contributed by atoms with van der Waals surface area (Å²) in [7, 11) is 1.31. The van der Waals surface area contributed by atoms with E-state index in [1.807, 2.05) is 0 Å². The van der Waals surface area contributed by atoms with Crippen LogP contribution < -0.4 is 10.3 Å². The maximum atomic E-state index is 13.8. The Morgan fingerprint density at radius 2 is 2.07 bits per heavy atom. The molecule has 3 rings (SSSR count). The third-order valence-corrected chi connectivity index (χ3v) is 4.12. The molecule has 0 N–H and O–H groups in total. The zero-order chi connectivity index (χ0) is 20.4. The van der Waals surface area contributed by atoms with Gasteiger partial charge >= 0.3 is 5.97 Å². The Hall–Kier alpha value is -3.49. The van der Waals surface area contributed by atoms with Crippen molar-refractivity contribution in [2.45, 2.75) is 20.4 Å². The van der Waals surface area contributed by atoms with Crippen molar-refractivity contribution in [1.29, 1.82) is 0 Å². The number of aromatic nitrogens is 2. The quantitative estimate of drug-likeness (QED) is 0.472. The van der Waals surface area contributed by atoms with Crippen LogP contribution in [-0.4, -0.2) is 35.0 Å². The molecule has 0 aliphatic rings. The zero-order valence-corrected chi connectivity index (χ0v) is 15.4. The predicted octanol–water partition coefficient (Wildman–Crippen LogP) is 2.51. The number of hydrogen-bond donors (Lipinski definition) is 0. The van der Waals surface area contributed by atoms with E-state index < -0.39 is 23.1 Å². The van der Waals surface area contributed by atoms with E-state index in [4.69, 9.17) is 13.9 Å². The van der Waals surface area contributed by atoms with Crippen LogP contribution in [0.1, 0.15) is 33.4 Å². The number of aryl methyl sites for hydroxylation is 1. The predicted molar refractivity (Wildman–Crippen MR) is 96.2 cm³/mol. The van der Waals surface area contributed by atoms with Gasteiger partial charge < -0.3 is 13.9 Å². The fraction of sp³-hybridized carbons (Fsp3) is 0.263. The molecular weight excluding hydrogens is 371 g/mol. The molecule has 146 valence electrons. The number of fused-ring (bicyclic) bond motifs is 1. The third kappa shape index (κ3) is 3.38. The van der Waals surface area contributed by atoms with Crippen LogP contribution in [0.15, 0.2) is 33.7 Å². The topological polar surface area (TPSA) is 101 Å². The highest BCUT2D eigenvalue weighted by Gasteiger charge is 2.24. The molecule has 2 aromatic heterocycles. The maximum Gasteiger partial charge on any atom is 0.342 e. The molecule has 0 spiro atoms. The van der Waals surface area contributed by atoms with Gasteiger partial charge in [-0.15, -0.1) is 0 Å². The Morgan fingerprint density at radius 1 is 1.32 bits per heavy atom. The van der Waals surface area contributed by atoms with Gasteiger partial charge in [-0.05, 0) is 32.0 Å². The molecule has 9 heteroatoms. The second-order valence-corrected chi connectivity index (χ2v) is 5.88. The number of Topliss-reactive ketones (excluding diaryl/α,β-unsaturated/α-hetero) is 1. The highest BCUT2D eigenvalue weighted by Crippen LogP contribution is 2.22. The lowest BCUT2D eigenvalue weighted by molar-refractivity contribution is 0.0526. The van der Waals surface area contributed by atoms with Crippen LogP contribution in [0.3, 0.4) is 0 Å². The van der Waals surface area contributed by atoms with E-state index in [9.17, 15) is 18.8 Å². The summed E-state index contributed by atoms with van der Waals surface area (Å²) in [6.07, 6.45) is 1.14. The molecule has 0 radical (unpaired) electrons. The molecular formula is C19H17FN2O6. The first-order valence-corrected chi connectivity index (χ1v) is 8.39. The number of carbonyl (C=O) groups is 2. The largest absolute Gasteiger partial charge is 0.494 e. The van der Waals surface area contributed by atoms with Crippen LogP contribution in [0.4, 0.5) is 4.39 Å². The molecule has 0 aliphatic heterocycles. The minimum atomic E-state index is -0.709. The van der Waals surface area contributed by atoms with Gasteiger partial charge in [0.15, 0.2) is 17.3 Å². The second kappa shape index (κ2) is 7.63. The summed E-state index contributed by atoms with van der Waals surface area (Å²) in [4.78, 5) is 41.5. The fourth-order valence-corrected chi connectivity index (χ4v) is 2.79. The van der Waals surface area contributed by atoms with E-state index in [0.29, 0.717) is 0 Å². The van der Waals surface area contributed by atoms with Crippen LogP contribution in [0.2, 0.25) is 0 Å². The molecule has 0 aliphatic carbocycles. The molecule has 0 bridgehead atoms. The Balaban J connectivity index is 2.00. The lowest BCUT2D eigenvalue weighted by atomic mass is 10.1. The number of benzene rings is 1. The van der Waals surface area contributed by atoms with Crippen molar-refractivity contribution in [3.8, 4) is 5.75 Å². The van der Waals surface area contributed by atoms with Crippen molar-refractivity contribution in [3.63, 3.8) is 0 Å². The van der Waals surface area contributed by atoms with Gasteiger partial charge in [0.1, 0.15) is 23.0 Å². The van der Waals surface area contributed by atoms with Crippen molar-refractivity contribution in [2.24, 2.45) is 0 Å². The monoisotopic (exact) mass is 388 g/mol. The van der Waals surface area contributed by atoms with Crippen molar-refractivity contribution in [1.82, 2.24) is 9.55 Å². The van der Waals surface area contributed by atoms with Gasteiger partial charge in [-0.25, -0.2) is 14.2 Å². The van der Waals surface area contributed by atoms with Crippen molar-refractivity contribution in [2.75, 3.05) is 13.7 Å². The normalized spacial score (nSPS) is 10.9. The molecule has 28 heavy (non-hydrogen) atoms. The maximum absolute atomic E-state index is 13.8. The summed E-state index contributed by atoms with van der Waals surface area (Å²) in [5.41, 5.74) is -0.608. The van der Waals surface area contributed by atoms with Gasteiger partial charge in [0.05, 0.1) is 20.3 Å². The lowest BCUT2D eigenvalue weighted by Crippen LogP contribution is -2.25. The molecule has 0 unspecified atom stereocenters. The number of methoxy groups -OCH3 is 1. The van der Waals surface area contributed by atoms with Crippen molar-refractivity contribution < 1.29 is 27.9 Å². The van der Waals surface area contributed by atoms with Gasteiger partial charge in [0.25, 0.3) is 5.56 Å². The molecule has 1 aromatic carbocycles. The van der Waals surface area contributed by atoms with E-state index in [1.54, 1.807) is 6.92 Å². The lowest BCUT2D eigenvalue weighted by Gasteiger charge is -2.07. The van der Waals surface area contributed by atoms with Crippen LogP contribution >= 0.6 is 0 Å². The fourth-order valence-electron chi connectivity index (χ4n) is 2.79. The standard InChI is InChI=1S/C19H17FN2O6/c1-4-27-19(25)15-10(2)28-17-16(15)18(24)22(9-21-17)8-13(23)11-5-6-14(26-3)12(20)7-11/h5-7,9H,4,8H2,1-3H3. The first-order chi connectivity index (χ1) is 13.4. The number of hydrogen-bond acceptors (Lipinski definition) is 7. The molecule has 3 aromatic rings. The van der Waals surface area contributed by atoms with E-state index in [-0.39, 0.29) is 46.9 Å². The molecule has 0 amide bonds. The van der Waals surface area contributed by atoms with Gasteiger partial charge in [0, 0.05) is 5.56 Å². The van der Waals surface area contributed by atoms with Crippen LogP contribution in [0.25, 0.3) is 11.1 Å². The van der Waals surface area contributed by atoms with Crippen molar-refractivity contribution >= 4 is 22.9 Å². The number of halogens is 1. The summed E-state index contributed by atoms with van der Waals surface area (Å²) >= 11 is 0. The number of furan rings is 1. The van der Waals surface area contributed by atoms with E-state index >= 15 is 0 Å². The Kier molecular flexibility index (Phi) is 5.25. The summed E-state index contributed by atoms with van der Waals surface area (Å²) in [5.74, 6) is -1.71. The van der Waals surface area contributed by atoms with Gasteiger partial charge in [-0.3, -0.25) is 14.2 Å². The summed E-state index contributed by atoms with van der Waals surface area (Å²) in [6, 6.07) is 3.75. The average Bonchev–Trinajstić information content (AvgIpc) is 3.01.